The van der Waals surface area contributed by atoms with Crippen molar-refractivity contribution in [1.29, 1.82) is 0 Å². The van der Waals surface area contributed by atoms with E-state index in [0.717, 1.165) is 25.9 Å². The van der Waals surface area contributed by atoms with Gasteiger partial charge in [-0.25, -0.2) is 0 Å². The zero-order valence-corrected chi connectivity index (χ0v) is 12.7. The number of hydrogen-bond donors (Lipinski definition) is 2. The SMILES string of the molecule is CC(C)OC(=O)C(C)CNC(=O)C1CCNCC1.Cl. The Labute approximate surface area is 121 Å². The molecule has 1 saturated heterocycles. The summed E-state index contributed by atoms with van der Waals surface area (Å²) in [5, 5.41) is 6.06. The highest BCUT2D eigenvalue weighted by molar-refractivity contribution is 5.85. The topological polar surface area (TPSA) is 67.4 Å². The Morgan fingerprint density at radius 2 is 1.84 bits per heavy atom. The largest absolute Gasteiger partial charge is 0.463 e. The number of ether oxygens (including phenoxy) is 1. The Kier molecular flexibility index (Phi) is 8.76. The zero-order chi connectivity index (χ0) is 13.5. The van der Waals surface area contributed by atoms with Crippen LogP contribution in [-0.4, -0.2) is 37.6 Å². The van der Waals surface area contributed by atoms with Crippen LogP contribution in [0.4, 0.5) is 0 Å². The Bertz CT molecular complexity index is 292. The van der Waals surface area contributed by atoms with E-state index < -0.39 is 0 Å². The molecule has 0 aromatic carbocycles. The van der Waals surface area contributed by atoms with Crippen molar-refractivity contribution in [2.24, 2.45) is 11.8 Å². The molecule has 112 valence electrons. The average molecular weight is 293 g/mol. The quantitative estimate of drug-likeness (QED) is 0.745. The van der Waals surface area contributed by atoms with Crippen LogP contribution in [0.3, 0.4) is 0 Å². The van der Waals surface area contributed by atoms with E-state index >= 15 is 0 Å². The summed E-state index contributed by atoms with van der Waals surface area (Å²) in [6.07, 6.45) is 1.63. The molecule has 0 aromatic heterocycles. The Morgan fingerprint density at radius 3 is 2.37 bits per heavy atom. The van der Waals surface area contributed by atoms with Gasteiger partial charge >= 0.3 is 5.97 Å². The molecule has 1 aliphatic rings. The highest BCUT2D eigenvalue weighted by Gasteiger charge is 2.22. The standard InChI is InChI=1S/C13H24N2O3.ClH/c1-9(2)18-13(17)10(3)8-15-12(16)11-4-6-14-7-5-11;/h9-11,14H,4-8H2,1-3H3,(H,15,16);1H. The minimum Gasteiger partial charge on any atom is -0.463 e. The molecule has 0 aliphatic carbocycles. The van der Waals surface area contributed by atoms with Gasteiger partial charge in [-0.15, -0.1) is 12.4 Å². The first kappa shape index (κ1) is 18.2. The maximum absolute atomic E-state index is 11.9. The van der Waals surface area contributed by atoms with E-state index in [9.17, 15) is 9.59 Å². The van der Waals surface area contributed by atoms with Crippen LogP contribution in [0, 0.1) is 11.8 Å². The van der Waals surface area contributed by atoms with Gasteiger partial charge < -0.3 is 15.4 Å². The molecule has 1 heterocycles. The molecule has 0 aromatic rings. The maximum Gasteiger partial charge on any atom is 0.310 e. The van der Waals surface area contributed by atoms with Crippen molar-refractivity contribution in [1.82, 2.24) is 10.6 Å². The molecule has 0 saturated carbocycles. The summed E-state index contributed by atoms with van der Waals surface area (Å²) in [5.74, 6) is -0.408. The van der Waals surface area contributed by atoms with Crippen LogP contribution in [0.2, 0.25) is 0 Å². The number of carbonyl (C=O) groups excluding carboxylic acids is 2. The molecule has 0 radical (unpaired) electrons. The van der Waals surface area contributed by atoms with E-state index in [1.165, 1.54) is 0 Å². The Balaban J connectivity index is 0.00000324. The van der Waals surface area contributed by atoms with Gasteiger partial charge in [0.05, 0.1) is 12.0 Å². The third-order valence-corrected chi connectivity index (χ3v) is 3.05. The van der Waals surface area contributed by atoms with Crippen molar-refractivity contribution in [3.05, 3.63) is 0 Å². The molecule has 0 spiro atoms. The summed E-state index contributed by atoms with van der Waals surface area (Å²) in [6.45, 7) is 7.55. The van der Waals surface area contributed by atoms with Gasteiger partial charge in [-0.05, 0) is 39.8 Å². The van der Waals surface area contributed by atoms with E-state index in [1.54, 1.807) is 6.92 Å². The van der Waals surface area contributed by atoms with Crippen molar-refractivity contribution >= 4 is 24.3 Å². The minimum atomic E-state index is -0.293. The van der Waals surface area contributed by atoms with E-state index in [4.69, 9.17) is 4.74 Å². The van der Waals surface area contributed by atoms with Crippen molar-refractivity contribution < 1.29 is 14.3 Å². The summed E-state index contributed by atoms with van der Waals surface area (Å²) >= 11 is 0. The number of piperidine rings is 1. The molecular formula is C13H25ClN2O3. The highest BCUT2D eigenvalue weighted by Crippen LogP contribution is 2.11. The zero-order valence-electron chi connectivity index (χ0n) is 11.9. The lowest BCUT2D eigenvalue weighted by atomic mass is 9.97. The molecule has 5 nitrogen and oxygen atoms in total. The second-order valence-corrected chi connectivity index (χ2v) is 5.16. The van der Waals surface area contributed by atoms with Crippen molar-refractivity contribution in [2.45, 2.75) is 39.7 Å². The van der Waals surface area contributed by atoms with Gasteiger partial charge in [0, 0.05) is 12.5 Å². The number of amides is 1. The lowest BCUT2D eigenvalue weighted by molar-refractivity contribution is -0.151. The first-order valence-corrected chi connectivity index (χ1v) is 6.69. The third-order valence-electron chi connectivity index (χ3n) is 3.05. The fourth-order valence-electron chi connectivity index (χ4n) is 1.91. The normalized spacial score (nSPS) is 17.5. The molecule has 1 amide bonds. The second kappa shape index (κ2) is 9.15. The van der Waals surface area contributed by atoms with Crippen LogP contribution >= 0.6 is 12.4 Å². The number of esters is 1. The molecule has 1 unspecified atom stereocenters. The number of halogens is 1. The van der Waals surface area contributed by atoms with Crippen LogP contribution in [-0.2, 0) is 14.3 Å². The van der Waals surface area contributed by atoms with E-state index in [1.807, 2.05) is 13.8 Å². The van der Waals surface area contributed by atoms with Crippen molar-refractivity contribution in [3.63, 3.8) is 0 Å². The summed E-state index contributed by atoms with van der Waals surface area (Å²) < 4.78 is 5.09. The van der Waals surface area contributed by atoms with Gasteiger partial charge in [-0.2, -0.15) is 0 Å². The first-order valence-electron chi connectivity index (χ1n) is 6.69. The van der Waals surface area contributed by atoms with Crippen LogP contribution in [0.5, 0.6) is 0 Å². The van der Waals surface area contributed by atoms with Gasteiger partial charge in [0.2, 0.25) is 5.91 Å². The van der Waals surface area contributed by atoms with Crippen LogP contribution in [0.15, 0.2) is 0 Å². The van der Waals surface area contributed by atoms with E-state index in [2.05, 4.69) is 10.6 Å². The second-order valence-electron chi connectivity index (χ2n) is 5.16. The molecule has 1 atom stereocenters. The lowest BCUT2D eigenvalue weighted by Gasteiger charge is -2.22. The number of hydrogen-bond acceptors (Lipinski definition) is 4. The van der Waals surface area contributed by atoms with Gasteiger partial charge in [0.25, 0.3) is 0 Å². The minimum absolute atomic E-state index is 0. The fraction of sp³-hybridized carbons (Fsp3) is 0.846. The van der Waals surface area contributed by atoms with Crippen molar-refractivity contribution in [3.8, 4) is 0 Å². The van der Waals surface area contributed by atoms with Crippen molar-refractivity contribution in [2.75, 3.05) is 19.6 Å². The van der Waals surface area contributed by atoms with E-state index in [0.29, 0.717) is 6.54 Å². The lowest BCUT2D eigenvalue weighted by Crippen LogP contribution is -2.40. The van der Waals surface area contributed by atoms with Gasteiger partial charge in [0.15, 0.2) is 0 Å². The van der Waals surface area contributed by atoms with Gasteiger partial charge in [0.1, 0.15) is 0 Å². The van der Waals surface area contributed by atoms with Crippen LogP contribution < -0.4 is 10.6 Å². The number of carbonyl (C=O) groups is 2. The summed E-state index contributed by atoms with van der Waals surface area (Å²) in [5.41, 5.74) is 0. The highest BCUT2D eigenvalue weighted by atomic mass is 35.5. The van der Waals surface area contributed by atoms with Gasteiger partial charge in [-0.3, -0.25) is 9.59 Å². The third kappa shape index (κ3) is 6.78. The Hall–Kier alpha value is -0.810. The molecule has 2 N–H and O–H groups in total. The molecule has 19 heavy (non-hydrogen) atoms. The fourth-order valence-corrected chi connectivity index (χ4v) is 1.91. The average Bonchev–Trinajstić information content (AvgIpc) is 2.35. The van der Waals surface area contributed by atoms with E-state index in [-0.39, 0.29) is 42.2 Å². The predicted octanol–water partition coefficient (Wildman–Crippen LogP) is 1.11. The number of nitrogens with one attached hydrogen (secondary N) is 2. The van der Waals surface area contributed by atoms with Crippen LogP contribution in [0.1, 0.15) is 33.6 Å². The molecule has 6 heteroatoms. The maximum atomic E-state index is 11.9. The monoisotopic (exact) mass is 292 g/mol. The first-order chi connectivity index (χ1) is 8.50. The molecule has 1 aliphatic heterocycles. The number of rotatable bonds is 5. The summed E-state index contributed by atoms with van der Waals surface area (Å²) in [6, 6.07) is 0. The molecule has 0 bridgehead atoms. The molecular weight excluding hydrogens is 268 g/mol. The molecule has 1 rings (SSSR count). The summed E-state index contributed by atoms with van der Waals surface area (Å²) in [7, 11) is 0. The predicted molar refractivity (Wildman–Crippen MR) is 76.2 cm³/mol. The molecule has 1 fully saturated rings. The van der Waals surface area contributed by atoms with Gasteiger partial charge in [-0.1, -0.05) is 6.92 Å². The Morgan fingerprint density at radius 1 is 1.26 bits per heavy atom. The van der Waals surface area contributed by atoms with Crippen LogP contribution in [0.25, 0.3) is 0 Å². The smallest absolute Gasteiger partial charge is 0.310 e. The summed E-state index contributed by atoms with van der Waals surface area (Å²) in [4.78, 5) is 23.4.